The number of nitrogens with zero attached hydrogens (tertiary/aromatic N) is 1. The van der Waals surface area contributed by atoms with Gasteiger partial charge in [-0.2, -0.15) is 0 Å². The Hall–Kier alpha value is -3.20. The summed E-state index contributed by atoms with van der Waals surface area (Å²) in [6, 6.07) is 25.1. The van der Waals surface area contributed by atoms with E-state index in [9.17, 15) is 4.79 Å². The lowest BCUT2D eigenvalue weighted by Crippen LogP contribution is -2.38. The molecule has 0 radical (unpaired) electrons. The highest BCUT2D eigenvalue weighted by molar-refractivity contribution is 6.10. The molecule has 5 rings (SSSR count). The number of hydrogen-bond donors (Lipinski definition) is 1. The van der Waals surface area contributed by atoms with E-state index < -0.39 is 0 Å². The molecule has 3 heteroatoms. The highest BCUT2D eigenvalue weighted by atomic mass is 16.1. The van der Waals surface area contributed by atoms with Gasteiger partial charge < -0.3 is 5.32 Å². The molecule has 1 aliphatic heterocycles. The zero-order valence-electron chi connectivity index (χ0n) is 17.4. The molecule has 0 spiro atoms. The van der Waals surface area contributed by atoms with Gasteiger partial charge in [0.25, 0.3) is 0 Å². The van der Waals surface area contributed by atoms with E-state index in [0.29, 0.717) is 6.42 Å². The minimum absolute atomic E-state index is 0.0977. The first-order valence-electron chi connectivity index (χ1n) is 10.7. The minimum Gasteiger partial charge on any atom is -0.375 e. The number of anilines is 1. The van der Waals surface area contributed by atoms with Crippen LogP contribution in [-0.4, -0.2) is 11.5 Å². The summed E-state index contributed by atoms with van der Waals surface area (Å²) in [4.78, 5) is 18.5. The van der Waals surface area contributed by atoms with Gasteiger partial charge >= 0.3 is 0 Å². The maximum Gasteiger partial charge on any atom is 0.144 e. The Morgan fingerprint density at radius 1 is 0.800 bits per heavy atom. The SMILES string of the molecule is Cc1ccc([C@H]2CC(=O)C3C(=Nc4ccccc4N[C@@H]3c3ccc(C)cc3)C2)cc1. The van der Waals surface area contributed by atoms with Crippen LogP contribution < -0.4 is 5.32 Å². The Kier molecular flexibility index (Phi) is 4.74. The monoisotopic (exact) mass is 394 g/mol. The Morgan fingerprint density at radius 2 is 1.43 bits per heavy atom. The van der Waals surface area contributed by atoms with Crippen molar-refractivity contribution in [2.75, 3.05) is 5.32 Å². The summed E-state index contributed by atoms with van der Waals surface area (Å²) in [7, 11) is 0. The van der Waals surface area contributed by atoms with Crippen LogP contribution in [0, 0.1) is 19.8 Å². The number of rotatable bonds is 2. The zero-order chi connectivity index (χ0) is 20.7. The summed E-state index contributed by atoms with van der Waals surface area (Å²) in [6.45, 7) is 4.18. The Balaban J connectivity index is 1.58. The highest BCUT2D eigenvalue weighted by Crippen LogP contribution is 2.43. The van der Waals surface area contributed by atoms with Gasteiger partial charge in [-0.05, 0) is 49.4 Å². The van der Waals surface area contributed by atoms with Crippen molar-refractivity contribution in [1.29, 1.82) is 0 Å². The number of hydrogen-bond acceptors (Lipinski definition) is 3. The molecular formula is C27H26N2O. The zero-order valence-corrected chi connectivity index (χ0v) is 17.4. The first-order chi connectivity index (χ1) is 14.6. The first kappa shape index (κ1) is 18.8. The second kappa shape index (κ2) is 7.56. The van der Waals surface area contributed by atoms with Crippen LogP contribution in [0.25, 0.3) is 0 Å². The van der Waals surface area contributed by atoms with Crippen LogP contribution in [0.4, 0.5) is 11.4 Å². The molecule has 1 aliphatic carbocycles. The summed E-state index contributed by atoms with van der Waals surface area (Å²) in [5.41, 5.74) is 7.73. The Labute approximate surface area is 177 Å². The Bertz CT molecular complexity index is 1110. The molecule has 0 aromatic heterocycles. The van der Waals surface area contributed by atoms with Crippen LogP contribution in [0.1, 0.15) is 47.1 Å². The highest BCUT2D eigenvalue weighted by Gasteiger charge is 2.41. The van der Waals surface area contributed by atoms with Gasteiger partial charge in [-0.3, -0.25) is 9.79 Å². The first-order valence-corrected chi connectivity index (χ1v) is 10.7. The number of Topliss-reactive ketones (excluding diaryl/α,β-unsaturated/α-hetero) is 1. The molecule has 1 heterocycles. The van der Waals surface area contributed by atoms with E-state index in [-0.39, 0.29) is 23.7 Å². The molecule has 30 heavy (non-hydrogen) atoms. The maximum absolute atomic E-state index is 13.5. The lowest BCUT2D eigenvalue weighted by molar-refractivity contribution is -0.122. The average molecular weight is 395 g/mol. The standard InChI is InChI=1S/C27H26N2O/c1-17-7-11-19(12-8-17)21-15-24-26(25(30)16-21)27(20-13-9-18(2)10-14-20)29-23-6-4-3-5-22(23)28-24/h3-14,21,26-27,29H,15-16H2,1-2H3/t21-,26?,27-/m1/s1. The third-order valence-electron chi connectivity index (χ3n) is 6.41. The summed E-state index contributed by atoms with van der Waals surface area (Å²) in [5, 5.41) is 3.65. The maximum atomic E-state index is 13.5. The van der Waals surface area contributed by atoms with Crippen LogP contribution in [0.2, 0.25) is 0 Å². The lowest BCUT2D eigenvalue weighted by atomic mass is 9.72. The van der Waals surface area contributed by atoms with E-state index in [1.165, 1.54) is 16.7 Å². The largest absolute Gasteiger partial charge is 0.375 e. The number of nitrogens with one attached hydrogen (secondary N) is 1. The number of benzene rings is 3. The fourth-order valence-corrected chi connectivity index (χ4v) is 4.72. The summed E-state index contributed by atoms with van der Waals surface area (Å²) in [5.74, 6) is 0.232. The second-order valence-electron chi connectivity index (χ2n) is 8.61. The van der Waals surface area contributed by atoms with Gasteiger partial charge in [0.05, 0.1) is 23.3 Å². The van der Waals surface area contributed by atoms with Crippen LogP contribution in [-0.2, 0) is 4.79 Å². The topological polar surface area (TPSA) is 41.5 Å². The smallest absolute Gasteiger partial charge is 0.144 e. The Morgan fingerprint density at radius 3 is 2.13 bits per heavy atom. The second-order valence-corrected chi connectivity index (χ2v) is 8.61. The number of aliphatic imine (C=N–C) groups is 1. The van der Waals surface area contributed by atoms with E-state index in [2.05, 4.69) is 73.8 Å². The molecule has 1 fully saturated rings. The van der Waals surface area contributed by atoms with E-state index >= 15 is 0 Å². The predicted octanol–water partition coefficient (Wildman–Crippen LogP) is 6.31. The number of carbonyl (C=O) groups excluding carboxylic acids is 1. The van der Waals surface area contributed by atoms with Gasteiger partial charge in [-0.15, -0.1) is 0 Å². The quantitative estimate of drug-likeness (QED) is 0.554. The number of para-hydroxylation sites is 2. The molecule has 3 nitrogen and oxygen atoms in total. The van der Waals surface area contributed by atoms with Crippen molar-refractivity contribution in [3.8, 4) is 0 Å². The number of aryl methyl sites for hydroxylation is 2. The van der Waals surface area contributed by atoms with Gasteiger partial charge in [0.1, 0.15) is 5.78 Å². The lowest BCUT2D eigenvalue weighted by Gasteiger charge is -2.34. The van der Waals surface area contributed by atoms with Gasteiger partial charge in [0, 0.05) is 12.1 Å². The molecule has 3 aromatic carbocycles. The number of ketones is 1. The fraction of sp³-hybridized carbons (Fsp3) is 0.259. The van der Waals surface area contributed by atoms with Crippen molar-refractivity contribution in [1.82, 2.24) is 0 Å². The van der Waals surface area contributed by atoms with Gasteiger partial charge in [0.15, 0.2) is 0 Å². The fourth-order valence-electron chi connectivity index (χ4n) is 4.72. The minimum atomic E-state index is -0.234. The van der Waals surface area contributed by atoms with Crippen LogP contribution >= 0.6 is 0 Å². The van der Waals surface area contributed by atoms with Crippen molar-refractivity contribution in [2.45, 2.75) is 38.6 Å². The molecular weight excluding hydrogens is 368 g/mol. The predicted molar refractivity (Wildman–Crippen MR) is 123 cm³/mol. The third kappa shape index (κ3) is 3.45. The normalized spacial score (nSPS) is 22.9. The van der Waals surface area contributed by atoms with E-state index in [1.54, 1.807) is 0 Å². The third-order valence-corrected chi connectivity index (χ3v) is 6.41. The average Bonchev–Trinajstić information content (AvgIpc) is 2.91. The number of carbonyl (C=O) groups is 1. The molecule has 0 saturated heterocycles. The van der Waals surface area contributed by atoms with Crippen molar-refractivity contribution >= 4 is 22.9 Å². The molecule has 150 valence electrons. The molecule has 3 aromatic rings. The van der Waals surface area contributed by atoms with Crippen molar-refractivity contribution in [3.63, 3.8) is 0 Å². The van der Waals surface area contributed by atoms with E-state index in [4.69, 9.17) is 4.99 Å². The van der Waals surface area contributed by atoms with Crippen molar-refractivity contribution in [3.05, 3.63) is 95.1 Å². The van der Waals surface area contributed by atoms with Crippen molar-refractivity contribution in [2.24, 2.45) is 10.9 Å². The van der Waals surface area contributed by atoms with Crippen LogP contribution in [0.3, 0.4) is 0 Å². The van der Waals surface area contributed by atoms with E-state index in [1.807, 2.05) is 18.2 Å². The van der Waals surface area contributed by atoms with Gasteiger partial charge in [-0.1, -0.05) is 71.8 Å². The van der Waals surface area contributed by atoms with Gasteiger partial charge in [0.2, 0.25) is 0 Å². The van der Waals surface area contributed by atoms with E-state index in [0.717, 1.165) is 29.1 Å². The molecule has 2 aliphatic rings. The molecule has 0 amide bonds. The van der Waals surface area contributed by atoms with Crippen LogP contribution in [0.15, 0.2) is 77.8 Å². The van der Waals surface area contributed by atoms with Crippen molar-refractivity contribution < 1.29 is 4.79 Å². The molecule has 0 bridgehead atoms. The molecule has 1 N–H and O–H groups in total. The molecule has 1 saturated carbocycles. The molecule has 1 unspecified atom stereocenters. The number of fused-ring (bicyclic) bond motifs is 2. The van der Waals surface area contributed by atoms with Crippen LogP contribution in [0.5, 0.6) is 0 Å². The van der Waals surface area contributed by atoms with Gasteiger partial charge in [-0.25, -0.2) is 0 Å². The summed E-state index contributed by atoms with van der Waals surface area (Å²) in [6.07, 6.45) is 1.38. The molecule has 3 atom stereocenters. The summed E-state index contributed by atoms with van der Waals surface area (Å²) >= 11 is 0. The summed E-state index contributed by atoms with van der Waals surface area (Å²) < 4.78 is 0.